The van der Waals surface area contributed by atoms with E-state index in [1.54, 1.807) is 12.1 Å². The topological polar surface area (TPSA) is 54.1 Å². The van der Waals surface area contributed by atoms with E-state index >= 15 is 0 Å². The number of hydrogen-bond acceptors (Lipinski definition) is 2. The average molecular weight is 366 g/mol. The summed E-state index contributed by atoms with van der Waals surface area (Å²) < 4.78 is 19.1. The number of fused-ring (bicyclic) bond motifs is 1. The molecule has 2 atom stereocenters. The minimum atomic E-state index is -0.301. The third kappa shape index (κ3) is 3.47. The minimum Gasteiger partial charge on any atom is -0.376 e. The summed E-state index contributed by atoms with van der Waals surface area (Å²) in [4.78, 5) is 16.3. The monoisotopic (exact) mass is 366 g/mol. The Morgan fingerprint density at radius 2 is 2.00 bits per heavy atom. The van der Waals surface area contributed by atoms with Crippen LogP contribution in [-0.2, 0) is 4.74 Å². The Bertz CT molecular complexity index is 972. The van der Waals surface area contributed by atoms with Crippen molar-refractivity contribution < 1.29 is 13.9 Å². The molecule has 1 aliphatic heterocycles. The summed E-state index contributed by atoms with van der Waals surface area (Å²) in [6.45, 7) is 4.76. The van der Waals surface area contributed by atoms with Crippen molar-refractivity contribution in [1.29, 1.82) is 0 Å². The van der Waals surface area contributed by atoms with Crippen molar-refractivity contribution in [2.45, 2.75) is 38.8 Å². The first kappa shape index (κ1) is 17.7. The third-order valence-corrected chi connectivity index (χ3v) is 5.42. The van der Waals surface area contributed by atoms with Gasteiger partial charge < -0.3 is 15.0 Å². The number of aryl methyl sites for hydroxylation is 2. The van der Waals surface area contributed by atoms with Gasteiger partial charge in [0.2, 0.25) is 0 Å². The van der Waals surface area contributed by atoms with Crippen LogP contribution in [0.1, 0.15) is 46.1 Å². The zero-order valence-electron chi connectivity index (χ0n) is 15.5. The van der Waals surface area contributed by atoms with Gasteiger partial charge in [-0.15, -0.1) is 0 Å². The number of benzene rings is 2. The molecule has 0 unspecified atom stereocenters. The third-order valence-electron chi connectivity index (χ3n) is 5.42. The van der Waals surface area contributed by atoms with E-state index in [4.69, 9.17) is 4.74 Å². The first-order valence-corrected chi connectivity index (χ1v) is 9.30. The van der Waals surface area contributed by atoms with E-state index in [9.17, 15) is 9.18 Å². The molecule has 1 fully saturated rings. The molecule has 4 nitrogen and oxygen atoms in total. The van der Waals surface area contributed by atoms with Crippen LogP contribution in [0.3, 0.4) is 0 Å². The molecule has 1 saturated heterocycles. The predicted molar refractivity (Wildman–Crippen MR) is 103 cm³/mol. The molecule has 1 aromatic heterocycles. The van der Waals surface area contributed by atoms with Crippen LogP contribution in [0.15, 0.2) is 42.5 Å². The number of rotatable bonds is 4. The van der Waals surface area contributed by atoms with Crippen molar-refractivity contribution in [3.8, 4) is 0 Å². The second-order valence-corrected chi connectivity index (χ2v) is 7.19. The fourth-order valence-corrected chi connectivity index (χ4v) is 3.75. The zero-order chi connectivity index (χ0) is 19.0. The quantitative estimate of drug-likeness (QED) is 0.710. The van der Waals surface area contributed by atoms with E-state index in [2.05, 4.69) is 10.3 Å². The number of carbonyl (C=O) groups excluding carboxylic acids is 1. The van der Waals surface area contributed by atoms with Crippen molar-refractivity contribution in [3.05, 3.63) is 70.7 Å². The zero-order valence-corrected chi connectivity index (χ0v) is 15.5. The molecule has 2 heterocycles. The van der Waals surface area contributed by atoms with Crippen molar-refractivity contribution in [2.75, 3.05) is 6.61 Å². The van der Waals surface area contributed by atoms with Gasteiger partial charge in [-0.25, -0.2) is 4.39 Å². The van der Waals surface area contributed by atoms with Crippen LogP contribution in [0.2, 0.25) is 0 Å². The number of hydrogen-bond donors (Lipinski definition) is 2. The summed E-state index contributed by atoms with van der Waals surface area (Å²) in [5.74, 6) is -0.445. The van der Waals surface area contributed by atoms with Gasteiger partial charge in [0.1, 0.15) is 5.82 Å². The van der Waals surface area contributed by atoms with Crippen LogP contribution >= 0.6 is 0 Å². The van der Waals surface area contributed by atoms with Crippen molar-refractivity contribution in [3.63, 3.8) is 0 Å². The maximum absolute atomic E-state index is 13.3. The molecule has 1 aliphatic rings. The highest BCUT2D eigenvalue weighted by Gasteiger charge is 2.29. The van der Waals surface area contributed by atoms with Crippen LogP contribution in [0, 0.1) is 19.7 Å². The lowest BCUT2D eigenvalue weighted by Gasteiger charge is -2.25. The summed E-state index contributed by atoms with van der Waals surface area (Å²) in [5, 5.41) is 4.16. The second-order valence-electron chi connectivity index (χ2n) is 7.19. The summed E-state index contributed by atoms with van der Waals surface area (Å²) in [7, 11) is 0. The number of nitrogens with one attached hydrogen (secondary N) is 2. The number of halogens is 1. The van der Waals surface area contributed by atoms with Crippen LogP contribution in [0.4, 0.5) is 4.39 Å². The van der Waals surface area contributed by atoms with Gasteiger partial charge in [-0.05, 0) is 68.1 Å². The molecule has 2 N–H and O–H groups in total. The molecule has 0 spiro atoms. The van der Waals surface area contributed by atoms with Crippen molar-refractivity contribution in [1.82, 2.24) is 10.3 Å². The summed E-state index contributed by atoms with van der Waals surface area (Å²) in [5.41, 5.74) is 4.73. The molecule has 4 rings (SSSR count). The summed E-state index contributed by atoms with van der Waals surface area (Å²) in [6, 6.07) is 11.6. The second kappa shape index (κ2) is 7.16. The van der Waals surface area contributed by atoms with Crippen LogP contribution < -0.4 is 5.32 Å². The van der Waals surface area contributed by atoms with Gasteiger partial charge in [-0.2, -0.15) is 0 Å². The molecule has 0 radical (unpaired) electrons. The van der Waals surface area contributed by atoms with Crippen LogP contribution in [-0.4, -0.2) is 23.6 Å². The number of aromatic amines is 1. The highest BCUT2D eigenvalue weighted by Crippen LogP contribution is 2.28. The fourth-order valence-electron chi connectivity index (χ4n) is 3.75. The lowest BCUT2D eigenvalue weighted by atomic mass is 9.98. The predicted octanol–water partition coefficient (Wildman–Crippen LogP) is 4.57. The van der Waals surface area contributed by atoms with Gasteiger partial charge in [0, 0.05) is 28.8 Å². The van der Waals surface area contributed by atoms with Crippen molar-refractivity contribution in [2.24, 2.45) is 0 Å². The standard InChI is InChI=1S/C22H23FN2O2/c1-13-14(2)24-19-10-7-16(12-18(13)19)22(26)25-21(20-4-3-11-27-20)15-5-8-17(23)9-6-15/h5-10,12,20-21,24H,3-4,11H2,1-2H3,(H,25,26)/t20-,21-/m1/s1. The first-order chi connectivity index (χ1) is 13.0. The van der Waals surface area contributed by atoms with Crippen LogP contribution in [0.25, 0.3) is 10.9 Å². The maximum Gasteiger partial charge on any atom is 0.251 e. The first-order valence-electron chi connectivity index (χ1n) is 9.30. The van der Waals surface area contributed by atoms with E-state index in [1.165, 1.54) is 12.1 Å². The summed E-state index contributed by atoms with van der Waals surface area (Å²) >= 11 is 0. The number of amides is 1. The Balaban J connectivity index is 1.63. The van der Waals surface area contributed by atoms with E-state index < -0.39 is 0 Å². The molecule has 0 aliphatic carbocycles. The van der Waals surface area contributed by atoms with Gasteiger partial charge in [0.25, 0.3) is 5.91 Å². The van der Waals surface area contributed by atoms with Gasteiger partial charge in [0.05, 0.1) is 12.1 Å². The van der Waals surface area contributed by atoms with Crippen LogP contribution in [0.5, 0.6) is 0 Å². The van der Waals surface area contributed by atoms with Gasteiger partial charge in [-0.1, -0.05) is 12.1 Å². The van der Waals surface area contributed by atoms with Crippen molar-refractivity contribution >= 4 is 16.8 Å². The maximum atomic E-state index is 13.3. The summed E-state index contributed by atoms with van der Waals surface area (Å²) in [6.07, 6.45) is 1.74. The van der Waals surface area contributed by atoms with E-state index in [-0.39, 0.29) is 23.9 Å². The Hall–Kier alpha value is -2.66. The Morgan fingerprint density at radius 1 is 1.22 bits per heavy atom. The highest BCUT2D eigenvalue weighted by molar-refractivity contribution is 5.99. The number of ether oxygens (including phenoxy) is 1. The Kier molecular flexibility index (Phi) is 4.70. The van der Waals surface area contributed by atoms with E-state index in [0.29, 0.717) is 12.2 Å². The molecule has 1 amide bonds. The van der Waals surface area contributed by atoms with Gasteiger partial charge >= 0.3 is 0 Å². The molecule has 0 saturated carbocycles. The minimum absolute atomic E-state index is 0.0978. The van der Waals surface area contributed by atoms with E-state index in [1.807, 2.05) is 32.0 Å². The van der Waals surface area contributed by atoms with Gasteiger partial charge in [0.15, 0.2) is 0 Å². The molecule has 5 heteroatoms. The average Bonchev–Trinajstić information content (AvgIpc) is 3.29. The highest BCUT2D eigenvalue weighted by atomic mass is 19.1. The molecule has 140 valence electrons. The molecule has 0 bridgehead atoms. The molecular formula is C22H23FN2O2. The lowest BCUT2D eigenvalue weighted by molar-refractivity contribution is 0.0672. The Morgan fingerprint density at radius 3 is 2.70 bits per heavy atom. The normalized spacial score (nSPS) is 18.0. The smallest absolute Gasteiger partial charge is 0.251 e. The number of H-pyrrole nitrogens is 1. The molecule has 27 heavy (non-hydrogen) atoms. The molecule has 2 aromatic carbocycles. The molecular weight excluding hydrogens is 343 g/mol. The van der Waals surface area contributed by atoms with E-state index in [0.717, 1.165) is 40.6 Å². The lowest BCUT2D eigenvalue weighted by Crippen LogP contribution is -2.36. The largest absolute Gasteiger partial charge is 0.376 e. The fraction of sp³-hybridized carbons (Fsp3) is 0.318. The molecule has 3 aromatic rings. The number of aromatic nitrogens is 1. The Labute approximate surface area is 157 Å². The number of carbonyl (C=O) groups is 1. The SMILES string of the molecule is Cc1[nH]c2ccc(C(=O)N[C@H](c3ccc(F)cc3)[C@H]3CCCO3)cc2c1C. The van der Waals surface area contributed by atoms with Gasteiger partial charge in [-0.3, -0.25) is 4.79 Å².